The lowest BCUT2D eigenvalue weighted by Gasteiger charge is -2.28. The molecule has 34 heavy (non-hydrogen) atoms. The number of non-ortho nitro benzene ring substituents is 1. The molecule has 1 aliphatic rings. The quantitative estimate of drug-likeness (QED) is 0.341. The minimum absolute atomic E-state index is 0.00980. The Bertz CT molecular complexity index is 1230. The number of nitrogens with zero attached hydrogens (tertiary/aromatic N) is 4. The number of nitro benzene ring substituents is 1. The van der Waals surface area contributed by atoms with Gasteiger partial charge in [0.2, 0.25) is 5.95 Å². The van der Waals surface area contributed by atoms with Crippen molar-refractivity contribution in [2.45, 2.75) is 25.8 Å². The first-order valence-electron chi connectivity index (χ1n) is 10.6. The number of aliphatic hydroxyl groups is 1. The normalized spacial score (nSPS) is 14.9. The van der Waals surface area contributed by atoms with Gasteiger partial charge in [0.05, 0.1) is 17.6 Å². The van der Waals surface area contributed by atoms with Crippen LogP contribution in [-0.2, 0) is 11.2 Å². The number of hydrogen-bond acceptors (Lipinski definition) is 8. The zero-order chi connectivity index (χ0) is 24.2. The molecule has 1 atom stereocenters. The summed E-state index contributed by atoms with van der Waals surface area (Å²) in [7, 11) is 1.56. The molecular formula is C23H24N6O5. The fraction of sp³-hybridized carbons (Fsp3) is 0.261. The molecule has 0 fully saturated rings. The molecule has 4 rings (SSSR count). The third-order valence-electron chi connectivity index (χ3n) is 5.47. The van der Waals surface area contributed by atoms with Gasteiger partial charge in [-0.15, -0.1) is 0 Å². The number of carbonyl (C=O) groups excluding carboxylic acids is 1. The van der Waals surface area contributed by atoms with Gasteiger partial charge in [-0.3, -0.25) is 14.9 Å². The number of allylic oxidation sites excluding steroid dienone is 1. The standard InChI is InChI=1S/C23H24N6O5/c1-14-20(22(31)25-16-7-11-18(34-2)12-8-16)21(15-5-9-17(10-6-15)29(32)33)28-23(24-14)26-19(27-28)4-3-13-30/h5-12,21,30H,3-4,13H2,1-2H3,(H,25,31)(H,24,26,27). The fourth-order valence-electron chi connectivity index (χ4n) is 3.79. The van der Waals surface area contributed by atoms with E-state index in [1.165, 1.54) is 12.1 Å². The summed E-state index contributed by atoms with van der Waals surface area (Å²) >= 11 is 0. The van der Waals surface area contributed by atoms with E-state index in [2.05, 4.69) is 20.7 Å². The largest absolute Gasteiger partial charge is 0.497 e. The molecule has 0 spiro atoms. The molecule has 176 valence electrons. The van der Waals surface area contributed by atoms with Crippen molar-refractivity contribution in [3.05, 3.63) is 81.3 Å². The van der Waals surface area contributed by atoms with Crippen LogP contribution in [0, 0.1) is 10.1 Å². The predicted molar refractivity (Wildman–Crippen MR) is 125 cm³/mol. The lowest BCUT2D eigenvalue weighted by Crippen LogP contribution is -2.31. The van der Waals surface area contributed by atoms with Gasteiger partial charge < -0.3 is 20.5 Å². The molecule has 1 aromatic heterocycles. The summed E-state index contributed by atoms with van der Waals surface area (Å²) in [5.74, 6) is 1.29. The number of rotatable bonds is 8. The minimum atomic E-state index is -0.661. The summed E-state index contributed by atoms with van der Waals surface area (Å²) in [6.07, 6.45) is 0.973. The number of fused-ring (bicyclic) bond motifs is 1. The Balaban J connectivity index is 1.73. The van der Waals surface area contributed by atoms with Crippen LogP contribution in [0.3, 0.4) is 0 Å². The van der Waals surface area contributed by atoms with Crippen molar-refractivity contribution in [1.82, 2.24) is 14.8 Å². The number of methoxy groups -OCH3 is 1. The lowest BCUT2D eigenvalue weighted by atomic mass is 9.95. The van der Waals surface area contributed by atoms with Crippen LogP contribution in [0.1, 0.15) is 30.8 Å². The highest BCUT2D eigenvalue weighted by Gasteiger charge is 2.34. The Labute approximate surface area is 195 Å². The van der Waals surface area contributed by atoms with Gasteiger partial charge in [0, 0.05) is 36.5 Å². The molecule has 3 N–H and O–H groups in total. The number of aryl methyl sites for hydroxylation is 1. The summed E-state index contributed by atoms with van der Waals surface area (Å²) in [5.41, 5.74) is 2.16. The van der Waals surface area contributed by atoms with Gasteiger partial charge in [-0.2, -0.15) is 10.1 Å². The third-order valence-corrected chi connectivity index (χ3v) is 5.47. The SMILES string of the molecule is COc1ccc(NC(=O)C2=C(C)Nc3nc(CCCO)nn3C2c2ccc([N+](=O)[O-])cc2)cc1. The number of anilines is 2. The molecule has 0 radical (unpaired) electrons. The second-order valence-electron chi connectivity index (χ2n) is 7.72. The van der Waals surface area contributed by atoms with Crippen LogP contribution in [0.4, 0.5) is 17.3 Å². The van der Waals surface area contributed by atoms with Crippen LogP contribution in [0.25, 0.3) is 0 Å². The Hall–Kier alpha value is -4.25. The number of carbonyl (C=O) groups is 1. The van der Waals surface area contributed by atoms with Crippen molar-refractivity contribution >= 4 is 23.2 Å². The molecule has 11 heteroatoms. The van der Waals surface area contributed by atoms with Crippen LogP contribution in [0.2, 0.25) is 0 Å². The van der Waals surface area contributed by atoms with Crippen molar-refractivity contribution in [3.8, 4) is 5.75 Å². The van der Waals surface area contributed by atoms with E-state index in [0.717, 1.165) is 0 Å². The average Bonchev–Trinajstić information content (AvgIpc) is 3.24. The maximum atomic E-state index is 13.4. The third kappa shape index (κ3) is 4.59. The number of nitro groups is 1. The molecule has 0 aliphatic carbocycles. The van der Waals surface area contributed by atoms with E-state index in [1.807, 2.05) is 0 Å². The van der Waals surface area contributed by atoms with Gasteiger partial charge in [-0.25, -0.2) is 4.68 Å². The summed E-state index contributed by atoms with van der Waals surface area (Å²) < 4.78 is 6.77. The highest BCUT2D eigenvalue weighted by molar-refractivity contribution is 6.06. The number of aromatic nitrogens is 3. The maximum Gasteiger partial charge on any atom is 0.269 e. The van der Waals surface area contributed by atoms with Crippen molar-refractivity contribution in [3.63, 3.8) is 0 Å². The zero-order valence-corrected chi connectivity index (χ0v) is 18.7. The first-order chi connectivity index (χ1) is 16.4. The van der Waals surface area contributed by atoms with Crippen molar-refractivity contribution in [1.29, 1.82) is 0 Å². The Kier molecular flexibility index (Phi) is 6.55. The van der Waals surface area contributed by atoms with Gasteiger partial charge >= 0.3 is 0 Å². The van der Waals surface area contributed by atoms with Gasteiger partial charge in [-0.05, 0) is 55.3 Å². The number of amides is 1. The number of aliphatic hydroxyl groups excluding tert-OH is 1. The molecule has 2 aromatic carbocycles. The van der Waals surface area contributed by atoms with Crippen LogP contribution in [-0.4, -0.2) is 44.4 Å². The first kappa shape index (κ1) is 22.9. The maximum absolute atomic E-state index is 13.4. The van der Waals surface area contributed by atoms with E-state index in [4.69, 9.17) is 9.84 Å². The molecule has 1 amide bonds. The highest BCUT2D eigenvalue weighted by Crippen LogP contribution is 2.36. The zero-order valence-electron chi connectivity index (χ0n) is 18.7. The van der Waals surface area contributed by atoms with E-state index in [9.17, 15) is 14.9 Å². The van der Waals surface area contributed by atoms with E-state index >= 15 is 0 Å². The summed E-state index contributed by atoms with van der Waals surface area (Å²) in [5, 5.41) is 30.9. The van der Waals surface area contributed by atoms with Crippen LogP contribution >= 0.6 is 0 Å². The Morgan fingerprint density at radius 3 is 2.56 bits per heavy atom. The first-order valence-corrected chi connectivity index (χ1v) is 10.6. The Morgan fingerprint density at radius 2 is 1.94 bits per heavy atom. The predicted octanol–water partition coefficient (Wildman–Crippen LogP) is 3.05. The van der Waals surface area contributed by atoms with Gasteiger partial charge in [0.1, 0.15) is 11.8 Å². The van der Waals surface area contributed by atoms with Crippen molar-refractivity contribution in [2.24, 2.45) is 0 Å². The van der Waals surface area contributed by atoms with Gasteiger partial charge in [0.25, 0.3) is 11.6 Å². The molecule has 1 unspecified atom stereocenters. The number of hydrogen-bond donors (Lipinski definition) is 3. The van der Waals surface area contributed by atoms with E-state index in [0.29, 0.717) is 52.9 Å². The van der Waals surface area contributed by atoms with Crippen molar-refractivity contribution < 1.29 is 19.6 Å². The summed E-state index contributed by atoms with van der Waals surface area (Å²) in [6, 6.07) is 12.3. The molecule has 0 saturated carbocycles. The molecule has 11 nitrogen and oxygen atoms in total. The highest BCUT2D eigenvalue weighted by atomic mass is 16.6. The number of benzene rings is 2. The molecule has 2 heterocycles. The van der Waals surface area contributed by atoms with Gasteiger partial charge in [-0.1, -0.05) is 0 Å². The second-order valence-corrected chi connectivity index (χ2v) is 7.72. The van der Waals surface area contributed by atoms with Crippen LogP contribution in [0.15, 0.2) is 59.8 Å². The number of ether oxygens (including phenoxy) is 1. The number of nitrogens with one attached hydrogen (secondary N) is 2. The van der Waals surface area contributed by atoms with E-state index < -0.39 is 11.0 Å². The lowest BCUT2D eigenvalue weighted by molar-refractivity contribution is -0.384. The van der Waals surface area contributed by atoms with Crippen molar-refractivity contribution in [2.75, 3.05) is 24.4 Å². The van der Waals surface area contributed by atoms with Gasteiger partial charge in [0.15, 0.2) is 5.82 Å². The minimum Gasteiger partial charge on any atom is -0.497 e. The van der Waals surface area contributed by atoms with E-state index in [-0.39, 0.29) is 18.2 Å². The Morgan fingerprint density at radius 1 is 1.24 bits per heavy atom. The molecule has 3 aromatic rings. The fourth-order valence-corrected chi connectivity index (χ4v) is 3.79. The van der Waals surface area contributed by atoms with Crippen LogP contribution in [0.5, 0.6) is 5.75 Å². The monoisotopic (exact) mass is 464 g/mol. The summed E-state index contributed by atoms with van der Waals surface area (Å²) in [4.78, 5) is 28.6. The van der Waals surface area contributed by atoms with Crippen LogP contribution < -0.4 is 15.4 Å². The molecule has 1 aliphatic heterocycles. The molecular weight excluding hydrogens is 440 g/mol. The topological polar surface area (TPSA) is 144 Å². The molecule has 0 saturated heterocycles. The molecule has 0 bridgehead atoms. The van der Waals surface area contributed by atoms with E-state index in [1.54, 1.807) is 55.1 Å². The second kappa shape index (κ2) is 9.71. The smallest absolute Gasteiger partial charge is 0.269 e. The summed E-state index contributed by atoms with van der Waals surface area (Å²) in [6.45, 7) is 1.78. The average molecular weight is 464 g/mol.